The summed E-state index contributed by atoms with van der Waals surface area (Å²) >= 11 is 3.45. The van der Waals surface area contributed by atoms with Crippen molar-refractivity contribution < 1.29 is 4.79 Å². The summed E-state index contributed by atoms with van der Waals surface area (Å²) in [5.41, 5.74) is 2.03. The van der Waals surface area contributed by atoms with E-state index in [1.807, 2.05) is 54.6 Å². The molecule has 0 fully saturated rings. The molecule has 0 unspecified atom stereocenters. The predicted molar refractivity (Wildman–Crippen MR) is 94.1 cm³/mol. The summed E-state index contributed by atoms with van der Waals surface area (Å²) in [5, 5.41) is 15.0. The van der Waals surface area contributed by atoms with Crippen LogP contribution in [0, 0.1) is 0 Å². The lowest BCUT2D eigenvalue weighted by molar-refractivity contribution is -0.122. The third-order valence-corrected chi connectivity index (χ3v) is 4.12. The standard InChI is InChI=1S/C17H16BrN5O/c18-15-9-5-4-8-14(15)17-20-22-23(21-17)12-16(24)19-11-10-13-6-2-1-3-7-13/h1-9H,10-12H2,(H,19,24). The van der Waals surface area contributed by atoms with Gasteiger partial charge in [0.05, 0.1) is 0 Å². The largest absolute Gasteiger partial charge is 0.354 e. The Morgan fingerprint density at radius 1 is 1.08 bits per heavy atom. The van der Waals surface area contributed by atoms with Crippen LogP contribution in [0.25, 0.3) is 11.4 Å². The quantitative estimate of drug-likeness (QED) is 0.707. The van der Waals surface area contributed by atoms with E-state index in [1.54, 1.807) is 0 Å². The number of benzene rings is 2. The second-order valence-electron chi connectivity index (χ2n) is 5.21. The van der Waals surface area contributed by atoms with Gasteiger partial charge in [-0.1, -0.05) is 58.4 Å². The Morgan fingerprint density at radius 2 is 1.83 bits per heavy atom. The number of nitrogens with one attached hydrogen (secondary N) is 1. The van der Waals surface area contributed by atoms with Crippen LogP contribution in [0.5, 0.6) is 0 Å². The Hall–Kier alpha value is -2.54. The molecule has 1 amide bonds. The van der Waals surface area contributed by atoms with E-state index in [2.05, 4.69) is 36.7 Å². The lowest BCUT2D eigenvalue weighted by Gasteiger charge is -2.04. The fraction of sp³-hybridized carbons (Fsp3) is 0.176. The maximum absolute atomic E-state index is 12.0. The summed E-state index contributed by atoms with van der Waals surface area (Å²) < 4.78 is 0.886. The molecule has 1 heterocycles. The predicted octanol–water partition coefficient (Wildman–Crippen LogP) is 2.46. The van der Waals surface area contributed by atoms with Crippen LogP contribution in [-0.2, 0) is 17.8 Å². The van der Waals surface area contributed by atoms with Gasteiger partial charge < -0.3 is 5.32 Å². The van der Waals surface area contributed by atoms with Crippen LogP contribution in [0.3, 0.4) is 0 Å². The van der Waals surface area contributed by atoms with Crippen molar-refractivity contribution in [1.29, 1.82) is 0 Å². The molecule has 1 aromatic heterocycles. The fourth-order valence-electron chi connectivity index (χ4n) is 2.24. The van der Waals surface area contributed by atoms with E-state index in [0.29, 0.717) is 12.4 Å². The molecular weight excluding hydrogens is 370 g/mol. The van der Waals surface area contributed by atoms with Crippen LogP contribution in [0.2, 0.25) is 0 Å². The zero-order valence-electron chi connectivity index (χ0n) is 12.9. The summed E-state index contributed by atoms with van der Waals surface area (Å²) in [6.45, 7) is 0.626. The first kappa shape index (κ1) is 16.3. The lowest BCUT2D eigenvalue weighted by Crippen LogP contribution is -2.30. The highest BCUT2D eigenvalue weighted by Gasteiger charge is 2.11. The van der Waals surface area contributed by atoms with Gasteiger partial charge in [-0.3, -0.25) is 4.79 Å². The van der Waals surface area contributed by atoms with Crippen LogP contribution in [-0.4, -0.2) is 32.7 Å². The molecular formula is C17H16BrN5O. The van der Waals surface area contributed by atoms with E-state index in [0.717, 1.165) is 16.5 Å². The minimum atomic E-state index is -0.137. The van der Waals surface area contributed by atoms with Gasteiger partial charge in [0.2, 0.25) is 11.7 Å². The van der Waals surface area contributed by atoms with Crippen LogP contribution >= 0.6 is 15.9 Å². The van der Waals surface area contributed by atoms with Crippen LogP contribution in [0.15, 0.2) is 59.1 Å². The lowest BCUT2D eigenvalue weighted by atomic mass is 10.1. The van der Waals surface area contributed by atoms with E-state index >= 15 is 0 Å². The summed E-state index contributed by atoms with van der Waals surface area (Å²) in [5.74, 6) is 0.349. The molecule has 3 rings (SSSR count). The van der Waals surface area contributed by atoms with Gasteiger partial charge in [0.25, 0.3) is 0 Å². The minimum Gasteiger partial charge on any atom is -0.354 e. The number of carbonyl (C=O) groups is 1. The van der Waals surface area contributed by atoms with Gasteiger partial charge in [-0.2, -0.15) is 4.80 Å². The topological polar surface area (TPSA) is 72.7 Å². The highest BCUT2D eigenvalue weighted by Crippen LogP contribution is 2.24. The van der Waals surface area contributed by atoms with Gasteiger partial charge in [-0.25, -0.2) is 0 Å². The second kappa shape index (κ2) is 7.83. The molecule has 0 aliphatic rings. The molecule has 24 heavy (non-hydrogen) atoms. The number of halogens is 1. The fourth-order valence-corrected chi connectivity index (χ4v) is 2.70. The van der Waals surface area contributed by atoms with E-state index in [9.17, 15) is 4.79 Å². The highest BCUT2D eigenvalue weighted by atomic mass is 79.9. The monoisotopic (exact) mass is 385 g/mol. The van der Waals surface area contributed by atoms with E-state index < -0.39 is 0 Å². The van der Waals surface area contributed by atoms with E-state index in [-0.39, 0.29) is 12.5 Å². The first-order chi connectivity index (χ1) is 11.7. The third-order valence-electron chi connectivity index (χ3n) is 3.43. The van der Waals surface area contributed by atoms with Crippen LogP contribution in [0.4, 0.5) is 0 Å². The van der Waals surface area contributed by atoms with Crippen LogP contribution in [0.1, 0.15) is 5.56 Å². The van der Waals surface area contributed by atoms with Crippen molar-refractivity contribution in [2.24, 2.45) is 0 Å². The molecule has 0 atom stereocenters. The normalized spacial score (nSPS) is 10.5. The van der Waals surface area contributed by atoms with Crippen molar-refractivity contribution >= 4 is 21.8 Å². The number of carbonyl (C=O) groups excluding carboxylic acids is 1. The first-order valence-electron chi connectivity index (χ1n) is 7.56. The average molecular weight is 386 g/mol. The molecule has 0 radical (unpaired) electrons. The Morgan fingerprint density at radius 3 is 2.62 bits per heavy atom. The number of aromatic nitrogens is 4. The van der Waals surface area contributed by atoms with Crippen molar-refractivity contribution in [3.8, 4) is 11.4 Å². The Labute approximate surface area is 148 Å². The third kappa shape index (κ3) is 4.26. The van der Waals surface area contributed by atoms with E-state index in [4.69, 9.17) is 0 Å². The summed E-state index contributed by atoms with van der Waals surface area (Å²) in [6.07, 6.45) is 0.791. The summed E-state index contributed by atoms with van der Waals surface area (Å²) in [6, 6.07) is 17.6. The van der Waals surface area contributed by atoms with Gasteiger partial charge in [-0.15, -0.1) is 10.2 Å². The molecule has 122 valence electrons. The van der Waals surface area contributed by atoms with Crippen molar-refractivity contribution in [1.82, 2.24) is 25.5 Å². The molecule has 7 heteroatoms. The van der Waals surface area contributed by atoms with Crippen molar-refractivity contribution in [2.45, 2.75) is 13.0 Å². The Kier molecular flexibility index (Phi) is 5.32. The molecule has 1 N–H and O–H groups in total. The number of amides is 1. The molecule has 0 spiro atoms. The molecule has 6 nitrogen and oxygen atoms in total. The highest BCUT2D eigenvalue weighted by molar-refractivity contribution is 9.10. The van der Waals surface area contributed by atoms with Crippen molar-refractivity contribution in [2.75, 3.05) is 6.54 Å². The summed E-state index contributed by atoms with van der Waals surface area (Å²) in [7, 11) is 0. The molecule has 2 aromatic carbocycles. The number of nitrogens with zero attached hydrogens (tertiary/aromatic N) is 4. The molecule has 3 aromatic rings. The van der Waals surface area contributed by atoms with E-state index in [1.165, 1.54) is 10.4 Å². The zero-order valence-corrected chi connectivity index (χ0v) is 14.5. The molecule has 0 saturated heterocycles. The zero-order chi connectivity index (χ0) is 16.8. The maximum atomic E-state index is 12.0. The maximum Gasteiger partial charge on any atom is 0.243 e. The van der Waals surface area contributed by atoms with Gasteiger partial charge in [0, 0.05) is 16.6 Å². The Bertz CT molecular complexity index is 819. The number of tetrazole rings is 1. The molecule has 0 aliphatic heterocycles. The van der Waals surface area contributed by atoms with Gasteiger partial charge >= 0.3 is 0 Å². The first-order valence-corrected chi connectivity index (χ1v) is 8.35. The number of hydrogen-bond donors (Lipinski definition) is 1. The summed E-state index contributed by atoms with van der Waals surface area (Å²) in [4.78, 5) is 13.3. The number of rotatable bonds is 6. The second-order valence-corrected chi connectivity index (χ2v) is 6.06. The van der Waals surface area contributed by atoms with Gasteiger partial charge in [0.1, 0.15) is 6.54 Å². The smallest absolute Gasteiger partial charge is 0.243 e. The molecule has 0 aliphatic carbocycles. The molecule has 0 bridgehead atoms. The number of hydrogen-bond acceptors (Lipinski definition) is 4. The van der Waals surface area contributed by atoms with Crippen molar-refractivity contribution in [3.05, 3.63) is 64.6 Å². The Balaban J connectivity index is 1.53. The van der Waals surface area contributed by atoms with Crippen LogP contribution < -0.4 is 5.32 Å². The minimum absolute atomic E-state index is 0.0479. The van der Waals surface area contributed by atoms with Gasteiger partial charge in [0.15, 0.2) is 0 Å². The van der Waals surface area contributed by atoms with Crippen molar-refractivity contribution in [3.63, 3.8) is 0 Å². The molecule has 0 saturated carbocycles. The van der Waals surface area contributed by atoms with Gasteiger partial charge in [-0.05, 0) is 29.3 Å². The SMILES string of the molecule is O=C(Cn1nnc(-c2ccccc2Br)n1)NCCc1ccccc1. The average Bonchev–Trinajstić information content (AvgIpc) is 3.04.